The highest BCUT2D eigenvalue weighted by Crippen LogP contribution is 2.36. The zero-order valence-electron chi connectivity index (χ0n) is 10.5. The van der Waals surface area contributed by atoms with Crippen molar-refractivity contribution < 1.29 is 10.0 Å². The van der Waals surface area contributed by atoms with Gasteiger partial charge < -0.3 is 5.11 Å². The van der Waals surface area contributed by atoms with Crippen LogP contribution in [0.3, 0.4) is 0 Å². The number of benzene rings is 3. The van der Waals surface area contributed by atoms with Crippen LogP contribution in [-0.2, 0) is 0 Å². The van der Waals surface area contributed by atoms with Gasteiger partial charge in [-0.3, -0.25) is 10.1 Å². The van der Waals surface area contributed by atoms with Crippen molar-refractivity contribution in [1.29, 1.82) is 0 Å². The van der Waals surface area contributed by atoms with Crippen LogP contribution in [-0.4, -0.2) is 10.0 Å². The van der Waals surface area contributed by atoms with Crippen LogP contribution in [0, 0.1) is 10.1 Å². The van der Waals surface area contributed by atoms with Crippen molar-refractivity contribution in [3.05, 3.63) is 70.8 Å². The predicted molar refractivity (Wildman–Crippen MR) is 77.7 cm³/mol. The SMILES string of the molecule is O=[N+]([O-])c1c(O)ccc2cc(-c3ccccc3)ccc12. The summed E-state index contributed by atoms with van der Waals surface area (Å²) in [6.45, 7) is 0. The van der Waals surface area contributed by atoms with Gasteiger partial charge in [0, 0.05) is 0 Å². The second kappa shape index (κ2) is 4.66. The molecule has 0 atom stereocenters. The lowest BCUT2D eigenvalue weighted by Crippen LogP contribution is -1.90. The summed E-state index contributed by atoms with van der Waals surface area (Å²) >= 11 is 0. The quantitative estimate of drug-likeness (QED) is 0.560. The van der Waals surface area contributed by atoms with E-state index in [1.54, 1.807) is 12.1 Å². The number of phenols is 1. The van der Waals surface area contributed by atoms with E-state index >= 15 is 0 Å². The number of nitrogens with zero attached hydrogens (tertiary/aromatic N) is 1. The first kappa shape index (κ1) is 12.2. The van der Waals surface area contributed by atoms with E-state index in [0.717, 1.165) is 16.5 Å². The molecule has 98 valence electrons. The molecule has 0 fully saturated rings. The Kier molecular flexibility index (Phi) is 2.84. The molecule has 0 radical (unpaired) electrons. The molecular weight excluding hydrogens is 254 g/mol. The fourth-order valence-corrected chi connectivity index (χ4v) is 2.30. The van der Waals surface area contributed by atoms with Crippen molar-refractivity contribution in [2.75, 3.05) is 0 Å². The molecule has 0 spiro atoms. The normalized spacial score (nSPS) is 10.6. The van der Waals surface area contributed by atoms with Gasteiger partial charge in [-0.15, -0.1) is 0 Å². The summed E-state index contributed by atoms with van der Waals surface area (Å²) in [5.41, 5.74) is 1.78. The van der Waals surface area contributed by atoms with Crippen LogP contribution in [0.25, 0.3) is 21.9 Å². The number of fused-ring (bicyclic) bond motifs is 1. The third-order valence-electron chi connectivity index (χ3n) is 3.26. The number of aromatic hydroxyl groups is 1. The maximum absolute atomic E-state index is 11.0. The van der Waals surface area contributed by atoms with Gasteiger partial charge in [-0.1, -0.05) is 42.5 Å². The maximum Gasteiger partial charge on any atom is 0.318 e. The van der Waals surface area contributed by atoms with Crippen LogP contribution in [0.4, 0.5) is 5.69 Å². The molecule has 4 heteroatoms. The molecule has 1 N–H and O–H groups in total. The lowest BCUT2D eigenvalue weighted by atomic mass is 10.0. The zero-order valence-corrected chi connectivity index (χ0v) is 10.5. The molecule has 0 aliphatic heterocycles. The van der Waals surface area contributed by atoms with Crippen LogP contribution >= 0.6 is 0 Å². The Bertz CT molecular complexity index is 797. The van der Waals surface area contributed by atoms with Gasteiger partial charge in [0.15, 0.2) is 5.75 Å². The molecule has 0 amide bonds. The minimum Gasteiger partial charge on any atom is -0.502 e. The summed E-state index contributed by atoms with van der Waals surface area (Å²) in [6.07, 6.45) is 0. The fourth-order valence-electron chi connectivity index (χ4n) is 2.30. The van der Waals surface area contributed by atoms with Crippen LogP contribution in [0.2, 0.25) is 0 Å². The van der Waals surface area contributed by atoms with E-state index in [9.17, 15) is 15.2 Å². The second-order valence-electron chi connectivity index (χ2n) is 4.49. The second-order valence-corrected chi connectivity index (χ2v) is 4.49. The maximum atomic E-state index is 11.0. The Labute approximate surface area is 115 Å². The minimum atomic E-state index is -0.556. The van der Waals surface area contributed by atoms with Crippen LogP contribution in [0.15, 0.2) is 60.7 Å². The molecule has 0 bridgehead atoms. The average Bonchev–Trinajstić information content (AvgIpc) is 2.47. The number of nitro groups is 1. The molecule has 0 unspecified atom stereocenters. The van der Waals surface area contributed by atoms with Crippen molar-refractivity contribution >= 4 is 16.5 Å². The van der Waals surface area contributed by atoms with Gasteiger partial charge >= 0.3 is 5.69 Å². The van der Waals surface area contributed by atoms with E-state index in [1.165, 1.54) is 6.07 Å². The first-order valence-corrected chi connectivity index (χ1v) is 6.12. The molecule has 0 heterocycles. The van der Waals surface area contributed by atoms with Crippen molar-refractivity contribution in [1.82, 2.24) is 0 Å². The highest BCUT2D eigenvalue weighted by Gasteiger charge is 2.17. The van der Waals surface area contributed by atoms with Gasteiger partial charge in [-0.2, -0.15) is 0 Å². The highest BCUT2D eigenvalue weighted by atomic mass is 16.6. The Hall–Kier alpha value is -2.88. The van der Waals surface area contributed by atoms with E-state index in [0.29, 0.717) is 5.39 Å². The van der Waals surface area contributed by atoms with E-state index < -0.39 is 4.92 Å². The van der Waals surface area contributed by atoms with Gasteiger partial charge in [0.2, 0.25) is 0 Å². The molecule has 3 rings (SSSR count). The molecule has 3 aromatic carbocycles. The minimum absolute atomic E-state index is 0.248. The number of hydrogen-bond donors (Lipinski definition) is 1. The summed E-state index contributed by atoms with van der Waals surface area (Å²) < 4.78 is 0. The monoisotopic (exact) mass is 265 g/mol. The number of nitro benzene ring substituents is 1. The third-order valence-corrected chi connectivity index (χ3v) is 3.26. The number of phenolic OH excluding ortho intramolecular Hbond substituents is 1. The predicted octanol–water partition coefficient (Wildman–Crippen LogP) is 4.12. The molecule has 0 aliphatic rings. The first-order chi connectivity index (χ1) is 9.66. The first-order valence-electron chi connectivity index (χ1n) is 6.12. The Morgan fingerprint density at radius 3 is 2.35 bits per heavy atom. The van der Waals surface area contributed by atoms with Crippen LogP contribution in [0.5, 0.6) is 5.75 Å². The summed E-state index contributed by atoms with van der Waals surface area (Å²) in [6, 6.07) is 18.2. The molecule has 0 aliphatic carbocycles. The number of rotatable bonds is 2. The molecule has 0 aromatic heterocycles. The van der Waals surface area contributed by atoms with E-state index in [2.05, 4.69) is 0 Å². The largest absolute Gasteiger partial charge is 0.502 e. The van der Waals surface area contributed by atoms with Gasteiger partial charge in [0.1, 0.15) is 0 Å². The van der Waals surface area contributed by atoms with E-state index in [1.807, 2.05) is 42.5 Å². The van der Waals surface area contributed by atoms with Crippen molar-refractivity contribution in [3.8, 4) is 16.9 Å². The van der Waals surface area contributed by atoms with Gasteiger partial charge in [0.25, 0.3) is 0 Å². The lowest BCUT2D eigenvalue weighted by Gasteiger charge is -2.05. The number of hydrogen-bond acceptors (Lipinski definition) is 3. The van der Waals surface area contributed by atoms with Gasteiger partial charge in [0.05, 0.1) is 10.3 Å². The Morgan fingerprint density at radius 2 is 1.65 bits per heavy atom. The van der Waals surface area contributed by atoms with E-state index in [4.69, 9.17) is 0 Å². The van der Waals surface area contributed by atoms with Crippen molar-refractivity contribution in [2.24, 2.45) is 0 Å². The molecule has 3 aromatic rings. The smallest absolute Gasteiger partial charge is 0.318 e. The van der Waals surface area contributed by atoms with E-state index in [-0.39, 0.29) is 11.4 Å². The summed E-state index contributed by atoms with van der Waals surface area (Å²) in [5, 5.41) is 21.8. The van der Waals surface area contributed by atoms with Crippen molar-refractivity contribution in [2.45, 2.75) is 0 Å². The Balaban J connectivity index is 2.24. The standard InChI is InChI=1S/C16H11NO3/c18-15-9-7-13-10-12(11-4-2-1-3-5-11)6-8-14(13)16(15)17(19)20/h1-10,18H. The average molecular weight is 265 g/mol. The molecule has 20 heavy (non-hydrogen) atoms. The zero-order chi connectivity index (χ0) is 14.1. The van der Waals surface area contributed by atoms with Gasteiger partial charge in [-0.25, -0.2) is 0 Å². The molecule has 0 saturated heterocycles. The van der Waals surface area contributed by atoms with Gasteiger partial charge in [-0.05, 0) is 34.7 Å². The summed E-state index contributed by atoms with van der Waals surface area (Å²) in [5.74, 6) is -0.310. The van der Waals surface area contributed by atoms with Crippen molar-refractivity contribution in [3.63, 3.8) is 0 Å². The molecular formula is C16H11NO3. The third kappa shape index (κ3) is 1.97. The lowest BCUT2D eigenvalue weighted by molar-refractivity contribution is -0.384. The van der Waals surface area contributed by atoms with Crippen LogP contribution < -0.4 is 0 Å². The highest BCUT2D eigenvalue weighted by molar-refractivity contribution is 5.96. The molecule has 4 nitrogen and oxygen atoms in total. The topological polar surface area (TPSA) is 63.4 Å². The summed E-state index contributed by atoms with van der Waals surface area (Å²) in [4.78, 5) is 10.5. The summed E-state index contributed by atoms with van der Waals surface area (Å²) in [7, 11) is 0. The van der Waals surface area contributed by atoms with Crippen LogP contribution in [0.1, 0.15) is 0 Å². The molecule has 0 saturated carbocycles. The Morgan fingerprint density at radius 1 is 0.900 bits per heavy atom. The fraction of sp³-hybridized carbons (Fsp3) is 0.